The largest absolute Gasteiger partial charge is 0.339 e. The summed E-state index contributed by atoms with van der Waals surface area (Å²) < 4.78 is 24.0. The highest BCUT2D eigenvalue weighted by atomic mass is 35.5. The first-order valence-electron chi connectivity index (χ1n) is 6.30. The summed E-state index contributed by atoms with van der Waals surface area (Å²) in [5.41, 5.74) is 0. The molecular weight excluding hydrogens is 276 g/mol. The number of carbonyl (C=O) groups excluding carboxylic acids is 1. The molecule has 2 aliphatic rings. The van der Waals surface area contributed by atoms with Crippen LogP contribution in [0.15, 0.2) is 0 Å². The van der Waals surface area contributed by atoms with Gasteiger partial charge in [-0.05, 0) is 12.8 Å². The van der Waals surface area contributed by atoms with Crippen molar-refractivity contribution in [3.63, 3.8) is 0 Å². The SMILES string of the molecule is Cl.O=C(CS(=O)(=O)C1CCCC1)N1CCNCC1. The Hall–Kier alpha value is -0.330. The Bertz CT molecular complexity index is 374. The second-order valence-electron chi connectivity index (χ2n) is 4.84. The zero-order chi connectivity index (χ0) is 12.3. The normalized spacial score (nSPS) is 21.7. The van der Waals surface area contributed by atoms with Gasteiger partial charge in [0, 0.05) is 26.2 Å². The third-order valence-electron chi connectivity index (χ3n) is 3.60. The quantitative estimate of drug-likeness (QED) is 0.808. The molecule has 5 nitrogen and oxygen atoms in total. The molecule has 0 radical (unpaired) electrons. The van der Waals surface area contributed by atoms with Crippen LogP contribution in [0.5, 0.6) is 0 Å². The van der Waals surface area contributed by atoms with Crippen molar-refractivity contribution in [1.82, 2.24) is 10.2 Å². The lowest BCUT2D eigenvalue weighted by Crippen LogP contribution is -2.48. The van der Waals surface area contributed by atoms with Gasteiger partial charge in [-0.1, -0.05) is 12.8 Å². The highest BCUT2D eigenvalue weighted by molar-refractivity contribution is 7.92. The molecule has 1 aliphatic heterocycles. The van der Waals surface area contributed by atoms with Crippen LogP contribution in [0.25, 0.3) is 0 Å². The van der Waals surface area contributed by atoms with Crippen molar-refractivity contribution in [3.8, 4) is 0 Å². The smallest absolute Gasteiger partial charge is 0.237 e. The lowest BCUT2D eigenvalue weighted by molar-refractivity contribution is -0.128. The zero-order valence-corrected chi connectivity index (χ0v) is 12.1. The summed E-state index contributed by atoms with van der Waals surface area (Å²) in [6, 6.07) is 0. The number of carbonyl (C=O) groups is 1. The number of amides is 1. The molecule has 2 fully saturated rings. The minimum Gasteiger partial charge on any atom is -0.339 e. The fraction of sp³-hybridized carbons (Fsp3) is 0.909. The van der Waals surface area contributed by atoms with Gasteiger partial charge in [-0.25, -0.2) is 8.42 Å². The third-order valence-corrected chi connectivity index (χ3v) is 5.74. The Morgan fingerprint density at radius 1 is 1.17 bits per heavy atom. The first kappa shape index (κ1) is 15.7. The molecule has 7 heteroatoms. The monoisotopic (exact) mass is 296 g/mol. The molecule has 0 aromatic heterocycles. The van der Waals surface area contributed by atoms with E-state index in [1.165, 1.54) is 0 Å². The molecule has 1 amide bonds. The summed E-state index contributed by atoms with van der Waals surface area (Å²) in [6.07, 6.45) is 3.42. The number of nitrogens with one attached hydrogen (secondary N) is 1. The molecule has 0 atom stereocenters. The average Bonchev–Trinajstić information content (AvgIpc) is 2.84. The molecule has 1 heterocycles. The van der Waals surface area contributed by atoms with Crippen LogP contribution >= 0.6 is 12.4 Å². The van der Waals surface area contributed by atoms with Crippen LogP contribution in [-0.4, -0.2) is 56.4 Å². The third kappa shape index (κ3) is 3.83. The molecule has 0 unspecified atom stereocenters. The van der Waals surface area contributed by atoms with Gasteiger partial charge in [-0.2, -0.15) is 0 Å². The molecule has 0 aromatic rings. The zero-order valence-electron chi connectivity index (χ0n) is 10.4. The maximum absolute atomic E-state index is 12.0. The molecule has 1 aliphatic carbocycles. The molecule has 2 rings (SSSR count). The summed E-state index contributed by atoms with van der Waals surface area (Å²) >= 11 is 0. The van der Waals surface area contributed by atoms with E-state index in [1.54, 1.807) is 4.90 Å². The Morgan fingerprint density at radius 2 is 1.72 bits per heavy atom. The number of hydrogen-bond acceptors (Lipinski definition) is 4. The first-order valence-corrected chi connectivity index (χ1v) is 8.01. The van der Waals surface area contributed by atoms with E-state index in [9.17, 15) is 13.2 Å². The number of nitrogens with zero attached hydrogens (tertiary/aromatic N) is 1. The van der Waals surface area contributed by atoms with Crippen LogP contribution in [0.2, 0.25) is 0 Å². The number of piperazine rings is 1. The van der Waals surface area contributed by atoms with Crippen molar-refractivity contribution in [2.24, 2.45) is 0 Å². The molecule has 0 aromatic carbocycles. The standard InChI is InChI=1S/C11H20N2O3S.ClH/c14-11(13-7-5-12-6-8-13)9-17(15,16)10-3-1-2-4-10;/h10,12H,1-9H2;1H. The highest BCUT2D eigenvalue weighted by Gasteiger charge is 2.32. The van der Waals surface area contributed by atoms with Crippen LogP contribution in [0, 0.1) is 0 Å². The van der Waals surface area contributed by atoms with E-state index in [4.69, 9.17) is 0 Å². The fourth-order valence-electron chi connectivity index (χ4n) is 2.54. The van der Waals surface area contributed by atoms with E-state index in [2.05, 4.69) is 5.32 Å². The number of halogens is 1. The lowest BCUT2D eigenvalue weighted by atomic mass is 10.3. The van der Waals surface area contributed by atoms with Gasteiger partial charge in [-0.15, -0.1) is 12.4 Å². The maximum Gasteiger partial charge on any atom is 0.237 e. The number of sulfone groups is 1. The Balaban J connectivity index is 0.00000162. The summed E-state index contributed by atoms with van der Waals surface area (Å²) in [4.78, 5) is 13.5. The van der Waals surface area contributed by atoms with Gasteiger partial charge in [0.15, 0.2) is 9.84 Å². The molecule has 106 valence electrons. The fourth-order valence-corrected chi connectivity index (χ4v) is 4.36. The number of rotatable bonds is 3. The van der Waals surface area contributed by atoms with Crippen molar-refractivity contribution in [1.29, 1.82) is 0 Å². The Kier molecular flexibility index (Phi) is 5.88. The average molecular weight is 297 g/mol. The predicted octanol–water partition coefficient (Wildman–Crippen LogP) is 0.197. The Labute approximate surface area is 115 Å². The molecule has 1 saturated heterocycles. The van der Waals surface area contributed by atoms with Gasteiger partial charge in [0.25, 0.3) is 0 Å². The van der Waals surface area contributed by atoms with Gasteiger partial charge in [0.2, 0.25) is 5.91 Å². The molecule has 18 heavy (non-hydrogen) atoms. The minimum atomic E-state index is -3.22. The summed E-state index contributed by atoms with van der Waals surface area (Å²) in [7, 11) is -3.22. The second-order valence-corrected chi connectivity index (χ2v) is 7.13. The van der Waals surface area contributed by atoms with Gasteiger partial charge < -0.3 is 10.2 Å². The van der Waals surface area contributed by atoms with E-state index in [1.807, 2.05) is 0 Å². The first-order chi connectivity index (χ1) is 8.09. The van der Waals surface area contributed by atoms with E-state index in [-0.39, 0.29) is 29.3 Å². The van der Waals surface area contributed by atoms with Crippen molar-refractivity contribution >= 4 is 28.2 Å². The van der Waals surface area contributed by atoms with Crippen LogP contribution in [0.4, 0.5) is 0 Å². The summed E-state index contributed by atoms with van der Waals surface area (Å²) in [5, 5.41) is 2.88. The predicted molar refractivity (Wildman–Crippen MR) is 72.7 cm³/mol. The summed E-state index contributed by atoms with van der Waals surface area (Å²) in [5.74, 6) is -0.518. The minimum absolute atomic E-state index is 0. The molecular formula is C11H21ClN2O3S. The topological polar surface area (TPSA) is 66.5 Å². The van der Waals surface area contributed by atoms with Crippen molar-refractivity contribution in [3.05, 3.63) is 0 Å². The van der Waals surface area contributed by atoms with Gasteiger partial charge in [0.1, 0.15) is 5.75 Å². The molecule has 1 saturated carbocycles. The highest BCUT2D eigenvalue weighted by Crippen LogP contribution is 2.25. The van der Waals surface area contributed by atoms with Crippen LogP contribution in [-0.2, 0) is 14.6 Å². The second kappa shape index (κ2) is 6.73. The van der Waals surface area contributed by atoms with E-state index >= 15 is 0 Å². The van der Waals surface area contributed by atoms with Crippen LogP contribution < -0.4 is 5.32 Å². The molecule has 0 spiro atoms. The lowest BCUT2D eigenvalue weighted by Gasteiger charge is -2.27. The van der Waals surface area contributed by atoms with Gasteiger partial charge in [0.05, 0.1) is 5.25 Å². The van der Waals surface area contributed by atoms with E-state index < -0.39 is 9.84 Å². The molecule has 0 bridgehead atoms. The van der Waals surface area contributed by atoms with Gasteiger partial charge in [-0.3, -0.25) is 4.79 Å². The Morgan fingerprint density at radius 3 is 2.28 bits per heavy atom. The van der Waals surface area contributed by atoms with Crippen LogP contribution in [0.3, 0.4) is 0 Å². The summed E-state index contributed by atoms with van der Waals surface area (Å²) in [6.45, 7) is 2.77. The molecule has 1 N–H and O–H groups in total. The number of hydrogen-bond donors (Lipinski definition) is 1. The van der Waals surface area contributed by atoms with Crippen molar-refractivity contribution < 1.29 is 13.2 Å². The maximum atomic E-state index is 12.0. The van der Waals surface area contributed by atoms with E-state index in [0.29, 0.717) is 13.1 Å². The van der Waals surface area contributed by atoms with E-state index in [0.717, 1.165) is 38.8 Å². The van der Waals surface area contributed by atoms with Gasteiger partial charge >= 0.3 is 0 Å². The van der Waals surface area contributed by atoms with Crippen molar-refractivity contribution in [2.45, 2.75) is 30.9 Å². The van der Waals surface area contributed by atoms with Crippen LogP contribution in [0.1, 0.15) is 25.7 Å². The van der Waals surface area contributed by atoms with Crippen molar-refractivity contribution in [2.75, 3.05) is 31.9 Å².